The summed E-state index contributed by atoms with van der Waals surface area (Å²) in [6, 6.07) is 3.89. The zero-order chi connectivity index (χ0) is 14.9. The van der Waals surface area contributed by atoms with E-state index in [4.69, 9.17) is 9.47 Å². The predicted octanol–water partition coefficient (Wildman–Crippen LogP) is 2.30. The molecule has 1 N–H and O–H groups in total. The maximum atomic E-state index is 11.2. The van der Waals surface area contributed by atoms with E-state index in [1.54, 1.807) is 0 Å². The van der Waals surface area contributed by atoms with Crippen LogP contribution >= 0.6 is 0 Å². The topological polar surface area (TPSA) is 60.5 Å². The van der Waals surface area contributed by atoms with Gasteiger partial charge in [-0.15, -0.1) is 0 Å². The molecule has 116 valence electrons. The zero-order valence-corrected chi connectivity index (χ0v) is 12.6. The molecule has 0 unspecified atom stereocenters. The molecule has 1 aromatic rings. The number of hydrogen-bond donors (Lipinski definition) is 1. The van der Waals surface area contributed by atoms with E-state index in [0.29, 0.717) is 32.0 Å². The third-order valence-electron chi connectivity index (χ3n) is 3.41. The number of hydrogen-bond acceptors (Lipinski definition) is 5. The Morgan fingerprint density at radius 2 is 2.29 bits per heavy atom. The van der Waals surface area contributed by atoms with Crippen molar-refractivity contribution in [3.05, 3.63) is 23.9 Å². The van der Waals surface area contributed by atoms with Crippen LogP contribution in [0.25, 0.3) is 0 Å². The van der Waals surface area contributed by atoms with Crippen LogP contribution in [0.2, 0.25) is 0 Å². The van der Waals surface area contributed by atoms with Gasteiger partial charge in [0.05, 0.1) is 19.6 Å². The predicted molar refractivity (Wildman–Crippen MR) is 80.0 cm³/mol. The molecule has 5 nitrogen and oxygen atoms in total. The van der Waals surface area contributed by atoms with Crippen LogP contribution in [-0.2, 0) is 16.1 Å². The molecule has 0 aliphatic heterocycles. The fraction of sp³-hybridized carbons (Fsp3) is 0.625. The standard InChI is InChI=1S/C16H24N2O3/c1-2-20-16(19)7-9-17-11-14-5-6-15(18-12-14)21-10-8-13-3-4-13/h5-6,12-13,17H,2-4,7-11H2,1H3. The summed E-state index contributed by atoms with van der Waals surface area (Å²) in [5.41, 5.74) is 1.08. The summed E-state index contributed by atoms with van der Waals surface area (Å²) in [5.74, 6) is 1.40. The van der Waals surface area contributed by atoms with Gasteiger partial charge in [0.1, 0.15) is 0 Å². The molecule has 1 aliphatic carbocycles. The molecule has 1 heterocycles. The summed E-state index contributed by atoms with van der Waals surface area (Å²) in [6.07, 6.45) is 6.05. The first-order chi connectivity index (χ1) is 10.3. The van der Waals surface area contributed by atoms with Gasteiger partial charge in [-0.25, -0.2) is 4.98 Å². The average molecular weight is 292 g/mol. The van der Waals surface area contributed by atoms with E-state index in [-0.39, 0.29) is 5.97 Å². The van der Waals surface area contributed by atoms with Crippen molar-refractivity contribution in [2.75, 3.05) is 19.8 Å². The maximum absolute atomic E-state index is 11.2. The number of ether oxygens (including phenoxy) is 2. The second kappa shape index (κ2) is 8.62. The second-order valence-electron chi connectivity index (χ2n) is 5.32. The molecular formula is C16H24N2O3. The Labute approximate surface area is 126 Å². The third-order valence-corrected chi connectivity index (χ3v) is 3.41. The highest BCUT2D eigenvalue weighted by atomic mass is 16.5. The molecule has 0 spiro atoms. The highest BCUT2D eigenvalue weighted by molar-refractivity contribution is 5.69. The molecular weight excluding hydrogens is 268 g/mol. The van der Waals surface area contributed by atoms with Crippen molar-refractivity contribution >= 4 is 5.97 Å². The Morgan fingerprint density at radius 1 is 1.43 bits per heavy atom. The van der Waals surface area contributed by atoms with E-state index < -0.39 is 0 Å². The van der Waals surface area contributed by atoms with Gasteiger partial charge in [-0.05, 0) is 24.8 Å². The van der Waals surface area contributed by atoms with Crippen molar-refractivity contribution in [3.8, 4) is 5.88 Å². The van der Waals surface area contributed by atoms with Crippen LogP contribution in [0, 0.1) is 5.92 Å². The molecule has 5 heteroatoms. The molecule has 0 bridgehead atoms. The number of aromatic nitrogens is 1. The molecule has 0 amide bonds. The van der Waals surface area contributed by atoms with Gasteiger partial charge in [0.2, 0.25) is 5.88 Å². The molecule has 21 heavy (non-hydrogen) atoms. The fourth-order valence-corrected chi connectivity index (χ4v) is 1.99. The van der Waals surface area contributed by atoms with Gasteiger partial charge in [0.15, 0.2) is 0 Å². The minimum absolute atomic E-state index is 0.164. The van der Waals surface area contributed by atoms with Crippen molar-refractivity contribution in [2.24, 2.45) is 5.92 Å². The van der Waals surface area contributed by atoms with Gasteiger partial charge in [-0.2, -0.15) is 0 Å². The van der Waals surface area contributed by atoms with E-state index in [0.717, 1.165) is 24.5 Å². The summed E-state index contributed by atoms with van der Waals surface area (Å²) in [7, 11) is 0. The lowest BCUT2D eigenvalue weighted by Gasteiger charge is -2.07. The summed E-state index contributed by atoms with van der Waals surface area (Å²) in [5, 5.41) is 3.20. The van der Waals surface area contributed by atoms with Crippen molar-refractivity contribution in [2.45, 2.75) is 39.2 Å². The molecule has 0 saturated heterocycles. The summed E-state index contributed by atoms with van der Waals surface area (Å²) >= 11 is 0. The van der Waals surface area contributed by atoms with Crippen LogP contribution in [-0.4, -0.2) is 30.7 Å². The van der Waals surface area contributed by atoms with Gasteiger partial charge >= 0.3 is 5.97 Å². The average Bonchev–Trinajstić information content (AvgIpc) is 3.30. The molecule has 1 saturated carbocycles. The van der Waals surface area contributed by atoms with E-state index in [2.05, 4.69) is 10.3 Å². The Kier molecular flexibility index (Phi) is 6.47. The first kappa shape index (κ1) is 15.8. The number of carbonyl (C=O) groups excluding carboxylic acids is 1. The van der Waals surface area contributed by atoms with Gasteiger partial charge in [0, 0.05) is 25.4 Å². The highest BCUT2D eigenvalue weighted by Gasteiger charge is 2.20. The van der Waals surface area contributed by atoms with Gasteiger partial charge in [0.25, 0.3) is 0 Å². The molecule has 1 aliphatic rings. The number of nitrogens with zero attached hydrogens (tertiary/aromatic N) is 1. The lowest BCUT2D eigenvalue weighted by atomic mass is 10.3. The summed E-state index contributed by atoms with van der Waals surface area (Å²) < 4.78 is 10.5. The number of carbonyl (C=O) groups is 1. The van der Waals surface area contributed by atoms with Crippen LogP contribution < -0.4 is 10.1 Å². The van der Waals surface area contributed by atoms with E-state index in [1.165, 1.54) is 12.8 Å². The molecule has 0 aromatic carbocycles. The number of rotatable bonds is 10. The van der Waals surface area contributed by atoms with Crippen LogP contribution in [0.15, 0.2) is 18.3 Å². The second-order valence-corrected chi connectivity index (χ2v) is 5.32. The quantitative estimate of drug-likeness (QED) is 0.529. The summed E-state index contributed by atoms with van der Waals surface area (Å²) in [6.45, 7) is 4.30. The molecule has 0 atom stereocenters. The highest BCUT2D eigenvalue weighted by Crippen LogP contribution is 2.32. The van der Waals surface area contributed by atoms with Crippen LogP contribution in [0.1, 0.15) is 38.2 Å². The Morgan fingerprint density at radius 3 is 2.95 bits per heavy atom. The van der Waals surface area contributed by atoms with E-state index >= 15 is 0 Å². The minimum Gasteiger partial charge on any atom is -0.478 e. The third kappa shape index (κ3) is 6.58. The first-order valence-corrected chi connectivity index (χ1v) is 7.72. The SMILES string of the molecule is CCOC(=O)CCNCc1ccc(OCCC2CC2)nc1. The van der Waals surface area contributed by atoms with Crippen LogP contribution in [0.3, 0.4) is 0 Å². The monoisotopic (exact) mass is 292 g/mol. The van der Waals surface area contributed by atoms with Crippen molar-refractivity contribution in [1.29, 1.82) is 0 Å². The molecule has 1 fully saturated rings. The van der Waals surface area contributed by atoms with E-state index in [1.807, 2.05) is 25.3 Å². The Bertz CT molecular complexity index is 430. The lowest BCUT2D eigenvalue weighted by Crippen LogP contribution is -2.19. The van der Waals surface area contributed by atoms with Crippen LogP contribution in [0.4, 0.5) is 0 Å². The Balaban J connectivity index is 1.59. The Hall–Kier alpha value is -1.62. The zero-order valence-electron chi connectivity index (χ0n) is 12.6. The van der Waals surface area contributed by atoms with Crippen molar-refractivity contribution in [3.63, 3.8) is 0 Å². The van der Waals surface area contributed by atoms with Gasteiger partial charge in [-0.3, -0.25) is 4.79 Å². The number of esters is 1. The normalized spacial score (nSPS) is 14.0. The lowest BCUT2D eigenvalue weighted by molar-refractivity contribution is -0.142. The van der Waals surface area contributed by atoms with Gasteiger partial charge < -0.3 is 14.8 Å². The smallest absolute Gasteiger partial charge is 0.307 e. The largest absolute Gasteiger partial charge is 0.478 e. The van der Waals surface area contributed by atoms with E-state index in [9.17, 15) is 4.79 Å². The number of nitrogens with one attached hydrogen (secondary N) is 1. The maximum Gasteiger partial charge on any atom is 0.307 e. The van der Waals surface area contributed by atoms with Crippen molar-refractivity contribution < 1.29 is 14.3 Å². The number of pyridine rings is 1. The van der Waals surface area contributed by atoms with Gasteiger partial charge in [-0.1, -0.05) is 18.9 Å². The summed E-state index contributed by atoms with van der Waals surface area (Å²) in [4.78, 5) is 15.4. The first-order valence-electron chi connectivity index (χ1n) is 7.72. The fourth-order valence-electron chi connectivity index (χ4n) is 1.99. The minimum atomic E-state index is -0.164. The molecule has 0 radical (unpaired) electrons. The van der Waals surface area contributed by atoms with Crippen molar-refractivity contribution in [1.82, 2.24) is 10.3 Å². The molecule has 2 rings (SSSR count). The molecule has 1 aromatic heterocycles. The van der Waals surface area contributed by atoms with Crippen LogP contribution in [0.5, 0.6) is 5.88 Å².